The second-order valence-corrected chi connectivity index (χ2v) is 7.34. The molecule has 2 saturated heterocycles. The third-order valence-corrected chi connectivity index (χ3v) is 5.20. The summed E-state index contributed by atoms with van der Waals surface area (Å²) >= 11 is 0. The lowest BCUT2D eigenvalue weighted by Gasteiger charge is -2.31. The second kappa shape index (κ2) is 9.93. The van der Waals surface area contributed by atoms with E-state index in [2.05, 4.69) is 48.7 Å². The molecule has 5 nitrogen and oxygen atoms in total. The van der Waals surface area contributed by atoms with E-state index in [9.17, 15) is 0 Å². The van der Waals surface area contributed by atoms with Gasteiger partial charge in [0, 0.05) is 38.8 Å². The monoisotopic (exact) mass is 359 g/mol. The van der Waals surface area contributed by atoms with Crippen molar-refractivity contribution in [3.63, 3.8) is 0 Å². The van der Waals surface area contributed by atoms with E-state index in [0.29, 0.717) is 12.0 Å². The van der Waals surface area contributed by atoms with Gasteiger partial charge in [-0.25, -0.2) is 0 Å². The van der Waals surface area contributed by atoms with Crippen LogP contribution in [0.3, 0.4) is 0 Å². The van der Waals surface area contributed by atoms with Crippen molar-refractivity contribution in [3.8, 4) is 0 Å². The predicted molar refractivity (Wildman–Crippen MR) is 106 cm³/mol. The van der Waals surface area contributed by atoms with Crippen LogP contribution in [-0.4, -0.2) is 44.9 Å². The fourth-order valence-corrected chi connectivity index (χ4v) is 3.72. The van der Waals surface area contributed by atoms with Gasteiger partial charge < -0.3 is 20.1 Å². The normalized spacial score (nSPS) is 26.7. The number of ether oxygens (including phenoxy) is 2. The van der Waals surface area contributed by atoms with Gasteiger partial charge in [-0.2, -0.15) is 0 Å². The molecule has 0 radical (unpaired) electrons. The minimum Gasteiger partial charge on any atom is -0.376 e. The Kier molecular flexibility index (Phi) is 7.32. The molecule has 2 N–H and O–H groups in total. The summed E-state index contributed by atoms with van der Waals surface area (Å²) in [7, 11) is 0. The summed E-state index contributed by atoms with van der Waals surface area (Å²) < 4.78 is 11.8. The van der Waals surface area contributed by atoms with E-state index >= 15 is 0 Å². The van der Waals surface area contributed by atoms with Crippen molar-refractivity contribution < 1.29 is 9.47 Å². The number of benzene rings is 1. The van der Waals surface area contributed by atoms with Crippen molar-refractivity contribution in [1.29, 1.82) is 0 Å². The number of nitrogens with one attached hydrogen (secondary N) is 2. The molecule has 2 heterocycles. The Bertz CT molecular complexity index is 567. The van der Waals surface area contributed by atoms with Gasteiger partial charge in [-0.15, -0.1) is 0 Å². The molecule has 3 rings (SSSR count). The SMILES string of the molecule is CCNC(=NCC1CCCOC1c1ccc(C)cc1)NCC1CCCO1. The number of aryl methyl sites for hydroxylation is 1. The summed E-state index contributed by atoms with van der Waals surface area (Å²) in [6.45, 7) is 8.42. The lowest BCUT2D eigenvalue weighted by atomic mass is 9.89. The molecular weight excluding hydrogens is 326 g/mol. The first-order valence-electron chi connectivity index (χ1n) is 10.1. The van der Waals surface area contributed by atoms with Crippen LogP contribution < -0.4 is 10.6 Å². The molecule has 0 aromatic heterocycles. The fourth-order valence-electron chi connectivity index (χ4n) is 3.72. The fraction of sp³-hybridized carbons (Fsp3) is 0.667. The summed E-state index contributed by atoms with van der Waals surface area (Å²) in [5.41, 5.74) is 2.56. The van der Waals surface area contributed by atoms with Crippen molar-refractivity contribution in [3.05, 3.63) is 35.4 Å². The Morgan fingerprint density at radius 1 is 1.08 bits per heavy atom. The minimum absolute atomic E-state index is 0.147. The van der Waals surface area contributed by atoms with E-state index in [4.69, 9.17) is 14.5 Å². The van der Waals surface area contributed by atoms with Gasteiger partial charge >= 0.3 is 0 Å². The summed E-state index contributed by atoms with van der Waals surface area (Å²) in [6, 6.07) is 8.73. The van der Waals surface area contributed by atoms with E-state index in [1.165, 1.54) is 11.1 Å². The first-order chi connectivity index (χ1) is 12.8. The molecule has 2 aliphatic rings. The second-order valence-electron chi connectivity index (χ2n) is 7.34. The number of hydrogen-bond donors (Lipinski definition) is 2. The third kappa shape index (κ3) is 5.45. The van der Waals surface area contributed by atoms with Gasteiger partial charge in [-0.05, 0) is 45.1 Å². The average molecular weight is 360 g/mol. The van der Waals surface area contributed by atoms with E-state index in [1.54, 1.807) is 0 Å². The molecule has 3 atom stereocenters. The van der Waals surface area contributed by atoms with E-state index in [0.717, 1.165) is 64.5 Å². The topological polar surface area (TPSA) is 54.9 Å². The zero-order valence-corrected chi connectivity index (χ0v) is 16.2. The van der Waals surface area contributed by atoms with Crippen molar-refractivity contribution in [2.45, 2.75) is 51.7 Å². The zero-order chi connectivity index (χ0) is 18.2. The van der Waals surface area contributed by atoms with E-state index in [-0.39, 0.29) is 6.10 Å². The molecule has 1 aromatic carbocycles. The van der Waals surface area contributed by atoms with Crippen LogP contribution >= 0.6 is 0 Å². The average Bonchev–Trinajstić information content (AvgIpc) is 3.19. The van der Waals surface area contributed by atoms with Crippen LogP contribution in [0.4, 0.5) is 0 Å². The van der Waals surface area contributed by atoms with Crippen LogP contribution in [0.15, 0.2) is 29.3 Å². The molecule has 26 heavy (non-hydrogen) atoms. The molecule has 2 fully saturated rings. The van der Waals surface area contributed by atoms with Crippen molar-refractivity contribution in [1.82, 2.24) is 10.6 Å². The number of rotatable bonds is 6. The smallest absolute Gasteiger partial charge is 0.191 e. The van der Waals surface area contributed by atoms with Gasteiger partial charge in [0.2, 0.25) is 0 Å². The molecule has 0 aliphatic carbocycles. The maximum Gasteiger partial charge on any atom is 0.191 e. The van der Waals surface area contributed by atoms with Gasteiger partial charge in [0.05, 0.1) is 12.2 Å². The summed E-state index contributed by atoms with van der Waals surface area (Å²) in [5, 5.41) is 6.79. The quantitative estimate of drug-likeness (QED) is 0.605. The highest BCUT2D eigenvalue weighted by atomic mass is 16.5. The third-order valence-electron chi connectivity index (χ3n) is 5.20. The van der Waals surface area contributed by atoms with E-state index < -0.39 is 0 Å². The maximum absolute atomic E-state index is 6.12. The van der Waals surface area contributed by atoms with Crippen LogP contribution in [0.2, 0.25) is 0 Å². The Morgan fingerprint density at radius 2 is 1.85 bits per heavy atom. The first-order valence-corrected chi connectivity index (χ1v) is 10.1. The molecule has 144 valence electrons. The Morgan fingerprint density at radius 3 is 2.58 bits per heavy atom. The molecule has 0 bridgehead atoms. The molecule has 2 aliphatic heterocycles. The highest BCUT2D eigenvalue weighted by Gasteiger charge is 2.27. The van der Waals surface area contributed by atoms with Gasteiger partial charge in [0.25, 0.3) is 0 Å². The van der Waals surface area contributed by atoms with Gasteiger partial charge in [0.15, 0.2) is 5.96 Å². The summed E-state index contributed by atoms with van der Waals surface area (Å²) in [6.07, 6.45) is 5.04. The van der Waals surface area contributed by atoms with Crippen LogP contribution in [0.25, 0.3) is 0 Å². The number of aliphatic imine (C=N–C) groups is 1. The van der Waals surface area contributed by atoms with Crippen molar-refractivity contribution in [2.75, 3.05) is 32.8 Å². The number of hydrogen-bond acceptors (Lipinski definition) is 3. The van der Waals surface area contributed by atoms with Crippen LogP contribution in [0, 0.1) is 12.8 Å². The van der Waals surface area contributed by atoms with Gasteiger partial charge in [-0.1, -0.05) is 29.8 Å². The molecule has 0 saturated carbocycles. The highest BCUT2D eigenvalue weighted by molar-refractivity contribution is 5.79. The Hall–Kier alpha value is -1.59. The van der Waals surface area contributed by atoms with Crippen LogP contribution in [0.5, 0.6) is 0 Å². The number of guanidine groups is 1. The molecule has 3 unspecified atom stereocenters. The molecule has 1 aromatic rings. The van der Waals surface area contributed by atoms with Crippen LogP contribution in [-0.2, 0) is 9.47 Å². The highest BCUT2D eigenvalue weighted by Crippen LogP contribution is 2.33. The van der Waals surface area contributed by atoms with E-state index in [1.807, 2.05) is 0 Å². The summed E-state index contributed by atoms with van der Waals surface area (Å²) in [5.74, 6) is 1.31. The summed E-state index contributed by atoms with van der Waals surface area (Å²) in [4.78, 5) is 4.85. The Balaban J connectivity index is 1.60. The van der Waals surface area contributed by atoms with Crippen LogP contribution in [0.1, 0.15) is 49.8 Å². The molecule has 0 spiro atoms. The molecule has 0 amide bonds. The lowest BCUT2D eigenvalue weighted by molar-refractivity contribution is -0.0250. The standard InChI is InChI=1S/C21H33N3O2/c1-3-22-21(24-15-19-7-5-12-25-19)23-14-18-6-4-13-26-20(18)17-10-8-16(2)9-11-17/h8-11,18-20H,3-7,12-15H2,1-2H3,(H2,22,23,24). The molecular formula is C21H33N3O2. The predicted octanol–water partition coefficient (Wildman–Crippen LogP) is 3.20. The lowest BCUT2D eigenvalue weighted by Crippen LogP contribution is -2.41. The molecule has 5 heteroatoms. The number of nitrogens with zero attached hydrogens (tertiary/aromatic N) is 1. The Labute approximate surface area is 157 Å². The zero-order valence-electron chi connectivity index (χ0n) is 16.2. The maximum atomic E-state index is 6.12. The largest absolute Gasteiger partial charge is 0.376 e. The van der Waals surface area contributed by atoms with Gasteiger partial charge in [0.1, 0.15) is 0 Å². The van der Waals surface area contributed by atoms with Crippen molar-refractivity contribution >= 4 is 5.96 Å². The minimum atomic E-state index is 0.147. The first kappa shape index (κ1) is 19.2. The van der Waals surface area contributed by atoms with Gasteiger partial charge in [-0.3, -0.25) is 4.99 Å². The van der Waals surface area contributed by atoms with Crippen molar-refractivity contribution in [2.24, 2.45) is 10.9 Å².